The Bertz CT molecular complexity index is 395. The van der Waals surface area contributed by atoms with Gasteiger partial charge in [0.05, 0.1) is 0 Å². The number of nitrogens with one attached hydrogen (secondary N) is 1. The summed E-state index contributed by atoms with van der Waals surface area (Å²) >= 11 is 0. The van der Waals surface area contributed by atoms with Crippen LogP contribution < -0.4 is 56.7 Å². The van der Waals surface area contributed by atoms with Crippen molar-refractivity contribution in [2.24, 2.45) is 0 Å². The van der Waals surface area contributed by atoms with Gasteiger partial charge in [0.2, 0.25) is 0 Å². The summed E-state index contributed by atoms with van der Waals surface area (Å²) < 4.78 is 0. The van der Waals surface area contributed by atoms with Gasteiger partial charge in [-0.15, -0.1) is 5.56 Å². The fourth-order valence-electron chi connectivity index (χ4n) is 1.77. The molecule has 3 rings (SSSR count). The average molecular weight is 220 g/mol. The molecule has 1 aromatic heterocycles. The smallest absolute Gasteiger partial charge is 0.408 e. The first-order valence-corrected chi connectivity index (χ1v) is 4.62. The van der Waals surface area contributed by atoms with Gasteiger partial charge in [-0.2, -0.15) is 24.3 Å². The molecule has 0 atom stereocenters. The van der Waals surface area contributed by atoms with Crippen molar-refractivity contribution in [3.63, 3.8) is 0 Å². The van der Waals surface area contributed by atoms with E-state index < -0.39 is 0 Å². The summed E-state index contributed by atoms with van der Waals surface area (Å²) in [4.78, 5) is 4.12. The molecule has 2 nitrogen and oxygen atoms in total. The van der Waals surface area contributed by atoms with Crippen molar-refractivity contribution in [1.29, 1.82) is 0 Å². The molecular weight excluding hydrogens is 211 g/mol. The van der Waals surface area contributed by atoms with Gasteiger partial charge in [0.25, 0.3) is 0 Å². The van der Waals surface area contributed by atoms with Gasteiger partial charge in [0, 0.05) is 18.1 Å². The summed E-state index contributed by atoms with van der Waals surface area (Å²) in [5.74, 6) is 0. The molecule has 0 saturated heterocycles. The number of benzene rings is 1. The first-order chi connectivity index (χ1) is 6.93. The molecule has 0 radical (unpaired) electrons. The molecule has 0 spiro atoms. The van der Waals surface area contributed by atoms with Gasteiger partial charge in [-0.3, -0.25) is 4.98 Å². The van der Waals surface area contributed by atoms with Crippen LogP contribution in [-0.2, 0) is 6.42 Å². The van der Waals surface area contributed by atoms with Crippen molar-refractivity contribution in [1.82, 2.24) is 4.98 Å². The van der Waals surface area contributed by atoms with Crippen LogP contribution in [0.1, 0.15) is 11.1 Å². The van der Waals surface area contributed by atoms with Crippen LogP contribution in [0.15, 0.2) is 36.7 Å². The first kappa shape index (κ1) is 11.3. The quantitative estimate of drug-likeness (QED) is 0.409. The van der Waals surface area contributed by atoms with Crippen LogP contribution in [0.25, 0.3) is 0 Å². The number of rotatable bonds is 0. The SMILES string of the molecule is [K+].[c-]1ccc2c(c1)Nc1ccncc1C2. The molecule has 0 bridgehead atoms. The van der Waals surface area contributed by atoms with Crippen molar-refractivity contribution in [3.05, 3.63) is 53.9 Å². The van der Waals surface area contributed by atoms with Crippen LogP contribution in [0.5, 0.6) is 0 Å². The predicted octanol–water partition coefficient (Wildman–Crippen LogP) is -0.466. The molecule has 1 aliphatic rings. The minimum atomic E-state index is 0. The minimum absolute atomic E-state index is 0. The van der Waals surface area contributed by atoms with Crippen molar-refractivity contribution in [3.8, 4) is 0 Å². The zero-order chi connectivity index (χ0) is 9.38. The van der Waals surface area contributed by atoms with Gasteiger partial charge < -0.3 is 5.32 Å². The molecule has 0 fully saturated rings. The molecule has 15 heavy (non-hydrogen) atoms. The van der Waals surface area contributed by atoms with Crippen molar-refractivity contribution >= 4 is 11.4 Å². The van der Waals surface area contributed by atoms with Gasteiger partial charge in [0.1, 0.15) is 0 Å². The van der Waals surface area contributed by atoms with E-state index >= 15 is 0 Å². The number of anilines is 2. The molecule has 0 aliphatic carbocycles. The Morgan fingerprint density at radius 2 is 2.13 bits per heavy atom. The van der Waals surface area contributed by atoms with Gasteiger partial charge >= 0.3 is 51.4 Å². The molecule has 1 aromatic carbocycles. The van der Waals surface area contributed by atoms with E-state index in [-0.39, 0.29) is 51.4 Å². The van der Waals surface area contributed by atoms with Crippen LogP contribution >= 0.6 is 0 Å². The number of aromatic nitrogens is 1. The Morgan fingerprint density at radius 1 is 1.20 bits per heavy atom. The maximum Gasteiger partial charge on any atom is 1.00 e. The average Bonchev–Trinajstić information content (AvgIpc) is 2.26. The molecule has 0 amide bonds. The van der Waals surface area contributed by atoms with Crippen LogP contribution in [0.4, 0.5) is 11.4 Å². The largest absolute Gasteiger partial charge is 1.00 e. The molecule has 0 unspecified atom stereocenters. The van der Waals surface area contributed by atoms with E-state index in [2.05, 4.69) is 22.4 Å². The third-order valence-corrected chi connectivity index (χ3v) is 2.51. The van der Waals surface area contributed by atoms with E-state index in [1.165, 1.54) is 11.1 Å². The Labute approximate surface area is 132 Å². The fraction of sp³-hybridized carbons (Fsp3) is 0.0833. The van der Waals surface area contributed by atoms with Crippen molar-refractivity contribution in [2.45, 2.75) is 6.42 Å². The van der Waals surface area contributed by atoms with Crippen LogP contribution in [-0.4, -0.2) is 4.98 Å². The molecule has 0 saturated carbocycles. The fourth-order valence-corrected chi connectivity index (χ4v) is 1.77. The van der Waals surface area contributed by atoms with Gasteiger partial charge in [-0.05, 0) is 18.1 Å². The second-order valence-electron chi connectivity index (χ2n) is 3.42. The van der Waals surface area contributed by atoms with Crippen molar-refractivity contribution < 1.29 is 51.4 Å². The number of hydrogen-bond donors (Lipinski definition) is 1. The summed E-state index contributed by atoms with van der Waals surface area (Å²) in [6.07, 6.45) is 4.69. The molecule has 3 heteroatoms. The maximum absolute atomic E-state index is 4.12. The zero-order valence-corrected chi connectivity index (χ0v) is 11.7. The Balaban J connectivity index is 0.000000853. The van der Waals surface area contributed by atoms with E-state index in [1.54, 1.807) is 0 Å². The third-order valence-electron chi connectivity index (χ3n) is 2.51. The molecule has 1 aliphatic heterocycles. The normalized spacial score (nSPS) is 11.7. The molecular formula is C12H9KN2. The number of nitrogens with zero attached hydrogens (tertiary/aromatic N) is 1. The van der Waals surface area contributed by atoms with E-state index in [1.807, 2.05) is 30.6 Å². The summed E-state index contributed by atoms with van der Waals surface area (Å²) in [5.41, 5.74) is 4.88. The third kappa shape index (κ3) is 2.17. The van der Waals surface area contributed by atoms with Gasteiger partial charge in [-0.25, -0.2) is 0 Å². The Kier molecular flexibility index (Phi) is 3.59. The summed E-state index contributed by atoms with van der Waals surface area (Å²) in [6, 6.07) is 11.1. The Morgan fingerprint density at radius 3 is 3.07 bits per heavy atom. The second-order valence-corrected chi connectivity index (χ2v) is 3.42. The molecule has 68 valence electrons. The Hall–Kier alpha value is -0.194. The number of hydrogen-bond acceptors (Lipinski definition) is 2. The van der Waals surface area contributed by atoms with Gasteiger partial charge in [-0.1, -0.05) is 5.69 Å². The molecule has 2 aromatic rings. The topological polar surface area (TPSA) is 24.9 Å². The zero-order valence-electron chi connectivity index (χ0n) is 8.62. The summed E-state index contributed by atoms with van der Waals surface area (Å²) in [6.45, 7) is 0. The number of pyridine rings is 1. The monoisotopic (exact) mass is 220 g/mol. The van der Waals surface area contributed by atoms with E-state index in [0.29, 0.717) is 0 Å². The standard InChI is InChI=1S/C12H9N2.K/c1-2-4-11-9(3-1)7-10-8-13-6-5-12(10)14-11;/h1,3-6,8,14H,7H2;/q-1;+1. The molecule has 1 N–H and O–H groups in total. The summed E-state index contributed by atoms with van der Waals surface area (Å²) in [7, 11) is 0. The van der Waals surface area contributed by atoms with E-state index in [9.17, 15) is 0 Å². The van der Waals surface area contributed by atoms with Gasteiger partial charge in [0.15, 0.2) is 0 Å². The maximum atomic E-state index is 4.12. The van der Waals surface area contributed by atoms with E-state index in [4.69, 9.17) is 0 Å². The van der Waals surface area contributed by atoms with E-state index in [0.717, 1.165) is 17.8 Å². The first-order valence-electron chi connectivity index (χ1n) is 4.62. The second kappa shape index (κ2) is 4.76. The molecule has 2 heterocycles. The van der Waals surface area contributed by atoms with Crippen LogP contribution in [0.3, 0.4) is 0 Å². The summed E-state index contributed by atoms with van der Waals surface area (Å²) in [5, 5.41) is 3.37. The van der Waals surface area contributed by atoms with Crippen molar-refractivity contribution in [2.75, 3.05) is 5.32 Å². The van der Waals surface area contributed by atoms with Crippen LogP contribution in [0, 0.1) is 6.07 Å². The predicted molar refractivity (Wildman–Crippen MR) is 55.6 cm³/mol. The minimum Gasteiger partial charge on any atom is -0.408 e. The number of fused-ring (bicyclic) bond motifs is 2. The van der Waals surface area contributed by atoms with Crippen LogP contribution in [0.2, 0.25) is 0 Å².